The molecule has 2 aromatic rings. The van der Waals surface area contributed by atoms with Crippen molar-refractivity contribution >= 4 is 11.6 Å². The topological polar surface area (TPSA) is 83.8 Å². The zero-order valence-electron chi connectivity index (χ0n) is 8.60. The minimum atomic E-state index is -0.187. The molecule has 5 nitrogen and oxygen atoms in total. The molecule has 0 radical (unpaired) electrons. The number of para-hydroxylation sites is 1. The van der Waals surface area contributed by atoms with Crippen molar-refractivity contribution < 1.29 is 4.79 Å². The van der Waals surface area contributed by atoms with Crippen molar-refractivity contribution in [2.24, 2.45) is 0 Å². The van der Waals surface area contributed by atoms with E-state index in [1.165, 1.54) is 0 Å². The molecular formula is C11H12N4O. The standard InChI is InChI=1S/C11H12N4O/c12-10-4-2-1-3-9(10)11(16)14-6-8-5-13-7-15-8/h1-5,7H,6,12H2,(H,13,15)(H,14,16). The summed E-state index contributed by atoms with van der Waals surface area (Å²) >= 11 is 0. The number of rotatable bonds is 3. The van der Waals surface area contributed by atoms with E-state index in [4.69, 9.17) is 5.73 Å². The van der Waals surface area contributed by atoms with Crippen LogP contribution >= 0.6 is 0 Å². The number of aromatic nitrogens is 2. The molecule has 0 fully saturated rings. The number of aromatic amines is 1. The maximum absolute atomic E-state index is 11.7. The molecular weight excluding hydrogens is 204 g/mol. The van der Waals surface area contributed by atoms with Gasteiger partial charge in [0.25, 0.3) is 5.91 Å². The van der Waals surface area contributed by atoms with E-state index in [0.29, 0.717) is 17.8 Å². The molecule has 0 saturated heterocycles. The third kappa shape index (κ3) is 2.20. The van der Waals surface area contributed by atoms with Crippen LogP contribution < -0.4 is 11.1 Å². The molecule has 0 spiro atoms. The number of benzene rings is 1. The molecule has 2 rings (SSSR count). The van der Waals surface area contributed by atoms with Gasteiger partial charge in [-0.2, -0.15) is 0 Å². The Balaban J connectivity index is 2.01. The van der Waals surface area contributed by atoms with Gasteiger partial charge < -0.3 is 16.0 Å². The first-order chi connectivity index (χ1) is 7.77. The zero-order valence-corrected chi connectivity index (χ0v) is 8.60. The number of carbonyl (C=O) groups is 1. The van der Waals surface area contributed by atoms with Crippen LogP contribution in [0.2, 0.25) is 0 Å². The zero-order chi connectivity index (χ0) is 11.4. The third-order valence-corrected chi connectivity index (χ3v) is 2.20. The first-order valence-corrected chi connectivity index (χ1v) is 4.87. The molecule has 4 N–H and O–H groups in total. The summed E-state index contributed by atoms with van der Waals surface area (Å²) in [4.78, 5) is 18.5. The normalized spacial score (nSPS) is 10.0. The monoisotopic (exact) mass is 216 g/mol. The van der Waals surface area contributed by atoms with Crippen molar-refractivity contribution in [3.63, 3.8) is 0 Å². The molecule has 0 bridgehead atoms. The molecule has 1 aromatic carbocycles. The van der Waals surface area contributed by atoms with E-state index in [0.717, 1.165) is 5.69 Å². The van der Waals surface area contributed by atoms with Gasteiger partial charge in [-0.05, 0) is 12.1 Å². The summed E-state index contributed by atoms with van der Waals surface area (Å²) in [6.45, 7) is 0.410. The SMILES string of the molecule is Nc1ccccc1C(=O)NCc1cnc[nH]1. The van der Waals surface area contributed by atoms with Crippen LogP contribution in [0.4, 0.5) is 5.69 Å². The number of nitrogens with one attached hydrogen (secondary N) is 2. The average molecular weight is 216 g/mol. The van der Waals surface area contributed by atoms with Crippen LogP contribution in [-0.4, -0.2) is 15.9 Å². The maximum Gasteiger partial charge on any atom is 0.253 e. The van der Waals surface area contributed by atoms with E-state index < -0.39 is 0 Å². The number of nitrogens with two attached hydrogens (primary N) is 1. The number of H-pyrrole nitrogens is 1. The van der Waals surface area contributed by atoms with Crippen LogP contribution in [0, 0.1) is 0 Å². The largest absolute Gasteiger partial charge is 0.398 e. The molecule has 1 aromatic heterocycles. The van der Waals surface area contributed by atoms with Gasteiger partial charge in [0.2, 0.25) is 0 Å². The van der Waals surface area contributed by atoms with Gasteiger partial charge in [-0.1, -0.05) is 12.1 Å². The lowest BCUT2D eigenvalue weighted by Gasteiger charge is -2.05. The van der Waals surface area contributed by atoms with E-state index in [1.807, 2.05) is 0 Å². The van der Waals surface area contributed by atoms with Crippen molar-refractivity contribution in [3.8, 4) is 0 Å². The van der Waals surface area contributed by atoms with Crippen LogP contribution in [0.15, 0.2) is 36.8 Å². The summed E-state index contributed by atoms with van der Waals surface area (Å²) in [7, 11) is 0. The van der Waals surface area contributed by atoms with Crippen LogP contribution in [0.25, 0.3) is 0 Å². The van der Waals surface area contributed by atoms with E-state index in [2.05, 4.69) is 15.3 Å². The number of carbonyl (C=O) groups excluding carboxylic acids is 1. The first kappa shape index (κ1) is 10.2. The third-order valence-electron chi connectivity index (χ3n) is 2.20. The molecule has 0 atom stereocenters. The molecule has 0 aliphatic carbocycles. The lowest BCUT2D eigenvalue weighted by atomic mass is 10.1. The minimum absolute atomic E-state index is 0.187. The van der Waals surface area contributed by atoms with Crippen molar-refractivity contribution in [2.45, 2.75) is 6.54 Å². The Labute approximate surface area is 92.7 Å². The fourth-order valence-corrected chi connectivity index (χ4v) is 1.36. The first-order valence-electron chi connectivity index (χ1n) is 4.87. The number of hydrogen-bond donors (Lipinski definition) is 3. The number of hydrogen-bond acceptors (Lipinski definition) is 3. The Kier molecular flexibility index (Phi) is 2.86. The Bertz CT molecular complexity index is 478. The fourth-order valence-electron chi connectivity index (χ4n) is 1.36. The quantitative estimate of drug-likeness (QED) is 0.667. The Morgan fingerprint density at radius 3 is 2.94 bits per heavy atom. The van der Waals surface area contributed by atoms with Gasteiger partial charge in [-0.15, -0.1) is 0 Å². The van der Waals surface area contributed by atoms with E-state index >= 15 is 0 Å². The van der Waals surface area contributed by atoms with E-state index in [-0.39, 0.29) is 5.91 Å². The number of imidazole rings is 1. The fraction of sp³-hybridized carbons (Fsp3) is 0.0909. The molecule has 0 aliphatic rings. The molecule has 1 heterocycles. The van der Waals surface area contributed by atoms with Gasteiger partial charge >= 0.3 is 0 Å². The molecule has 0 unspecified atom stereocenters. The second kappa shape index (κ2) is 4.48. The van der Waals surface area contributed by atoms with Crippen LogP contribution in [-0.2, 0) is 6.54 Å². The molecule has 5 heteroatoms. The highest BCUT2D eigenvalue weighted by Crippen LogP contribution is 2.09. The Hall–Kier alpha value is -2.30. The Morgan fingerprint density at radius 2 is 2.25 bits per heavy atom. The van der Waals surface area contributed by atoms with Crippen molar-refractivity contribution in [2.75, 3.05) is 5.73 Å². The Morgan fingerprint density at radius 1 is 1.44 bits per heavy atom. The smallest absolute Gasteiger partial charge is 0.253 e. The second-order valence-corrected chi connectivity index (χ2v) is 3.35. The van der Waals surface area contributed by atoms with Gasteiger partial charge in [0.1, 0.15) is 0 Å². The highest BCUT2D eigenvalue weighted by Gasteiger charge is 2.08. The van der Waals surface area contributed by atoms with Gasteiger partial charge in [0.15, 0.2) is 0 Å². The predicted molar refractivity (Wildman–Crippen MR) is 60.6 cm³/mol. The van der Waals surface area contributed by atoms with Gasteiger partial charge in [0, 0.05) is 11.9 Å². The lowest BCUT2D eigenvalue weighted by Crippen LogP contribution is -2.23. The van der Waals surface area contributed by atoms with E-state index in [1.54, 1.807) is 36.8 Å². The summed E-state index contributed by atoms with van der Waals surface area (Å²) in [5.41, 5.74) is 7.50. The summed E-state index contributed by atoms with van der Waals surface area (Å²) < 4.78 is 0. The van der Waals surface area contributed by atoms with Gasteiger partial charge in [-0.25, -0.2) is 4.98 Å². The van der Waals surface area contributed by atoms with Crippen LogP contribution in [0.5, 0.6) is 0 Å². The lowest BCUT2D eigenvalue weighted by molar-refractivity contribution is 0.0951. The molecule has 1 amide bonds. The summed E-state index contributed by atoms with van der Waals surface area (Å²) in [5, 5.41) is 2.75. The van der Waals surface area contributed by atoms with Crippen LogP contribution in [0.1, 0.15) is 16.1 Å². The van der Waals surface area contributed by atoms with Gasteiger partial charge in [-0.3, -0.25) is 4.79 Å². The minimum Gasteiger partial charge on any atom is -0.398 e. The average Bonchev–Trinajstić information content (AvgIpc) is 2.79. The van der Waals surface area contributed by atoms with Crippen LogP contribution in [0.3, 0.4) is 0 Å². The number of amides is 1. The predicted octanol–water partition coefficient (Wildman–Crippen LogP) is 0.922. The van der Waals surface area contributed by atoms with Crippen molar-refractivity contribution in [3.05, 3.63) is 48.0 Å². The summed E-state index contributed by atoms with van der Waals surface area (Å²) in [6.07, 6.45) is 3.23. The molecule has 82 valence electrons. The number of anilines is 1. The summed E-state index contributed by atoms with van der Waals surface area (Å²) in [5.74, 6) is -0.187. The highest BCUT2D eigenvalue weighted by molar-refractivity contribution is 5.98. The van der Waals surface area contributed by atoms with Crippen molar-refractivity contribution in [1.29, 1.82) is 0 Å². The maximum atomic E-state index is 11.7. The molecule has 0 saturated carbocycles. The number of nitrogen functional groups attached to an aromatic ring is 1. The summed E-state index contributed by atoms with van der Waals surface area (Å²) in [6, 6.07) is 6.96. The molecule has 16 heavy (non-hydrogen) atoms. The van der Waals surface area contributed by atoms with Crippen molar-refractivity contribution in [1.82, 2.24) is 15.3 Å². The molecule has 0 aliphatic heterocycles. The second-order valence-electron chi connectivity index (χ2n) is 3.35. The number of nitrogens with zero attached hydrogens (tertiary/aromatic N) is 1. The van der Waals surface area contributed by atoms with Gasteiger partial charge in [0.05, 0.1) is 24.1 Å². The van der Waals surface area contributed by atoms with E-state index in [9.17, 15) is 4.79 Å². The highest BCUT2D eigenvalue weighted by atomic mass is 16.1.